The molecule has 0 aliphatic carbocycles. The van der Waals surface area contributed by atoms with Gasteiger partial charge in [-0.15, -0.1) is 0 Å². The number of hydrogen-bond acceptors (Lipinski definition) is 3. The summed E-state index contributed by atoms with van der Waals surface area (Å²) in [7, 11) is -3.71. The second-order valence-corrected chi connectivity index (χ2v) is 7.12. The second-order valence-electron chi connectivity index (χ2n) is 4.54. The van der Waals surface area contributed by atoms with E-state index in [0.717, 1.165) is 0 Å². The third kappa shape index (κ3) is 3.68. The van der Waals surface area contributed by atoms with Gasteiger partial charge in [-0.25, -0.2) is 13.1 Å². The third-order valence-electron chi connectivity index (χ3n) is 3.08. The Morgan fingerprint density at radius 3 is 2.43 bits per heavy atom. The zero-order valence-electron chi connectivity index (χ0n) is 11.2. The molecular weight excluding hydrogens is 331 g/mol. The third-order valence-corrected chi connectivity index (χ3v) is 5.22. The summed E-state index contributed by atoms with van der Waals surface area (Å²) in [5, 5.41) is 0.815. The van der Waals surface area contributed by atoms with Crippen LogP contribution in [0.5, 0.6) is 0 Å². The second kappa shape index (κ2) is 6.23. The van der Waals surface area contributed by atoms with Crippen LogP contribution in [0.25, 0.3) is 0 Å². The molecule has 4 nitrogen and oxygen atoms in total. The van der Waals surface area contributed by atoms with Gasteiger partial charge in [0.2, 0.25) is 10.0 Å². The maximum Gasteiger partial charge on any atom is 0.240 e. The van der Waals surface area contributed by atoms with E-state index in [0.29, 0.717) is 26.9 Å². The van der Waals surface area contributed by atoms with E-state index < -0.39 is 10.0 Å². The first-order valence-electron chi connectivity index (χ1n) is 6.10. The highest BCUT2D eigenvalue weighted by Gasteiger charge is 2.17. The van der Waals surface area contributed by atoms with Crippen molar-refractivity contribution in [3.63, 3.8) is 0 Å². The normalized spacial score (nSPS) is 11.6. The van der Waals surface area contributed by atoms with E-state index in [2.05, 4.69) is 4.72 Å². The minimum Gasteiger partial charge on any atom is -0.398 e. The summed E-state index contributed by atoms with van der Waals surface area (Å²) in [6, 6.07) is 9.78. The van der Waals surface area contributed by atoms with Gasteiger partial charge in [-0.2, -0.15) is 0 Å². The van der Waals surface area contributed by atoms with E-state index in [-0.39, 0.29) is 11.4 Å². The first-order valence-corrected chi connectivity index (χ1v) is 8.34. The number of sulfonamides is 1. The molecule has 2 aromatic rings. The first kappa shape index (κ1) is 16.1. The van der Waals surface area contributed by atoms with E-state index in [4.69, 9.17) is 28.9 Å². The average Bonchev–Trinajstić information content (AvgIpc) is 2.43. The summed E-state index contributed by atoms with van der Waals surface area (Å²) in [6.45, 7) is 1.82. The van der Waals surface area contributed by atoms with Crippen molar-refractivity contribution in [1.29, 1.82) is 0 Å². The van der Waals surface area contributed by atoms with Crippen LogP contribution in [0, 0.1) is 6.92 Å². The minimum absolute atomic E-state index is 0.0302. The molecule has 2 rings (SSSR count). The van der Waals surface area contributed by atoms with Gasteiger partial charge in [0.25, 0.3) is 0 Å². The SMILES string of the molecule is Cc1c(N)cc(S(=O)(=O)NCc2ccccc2Cl)cc1Cl. The molecule has 0 aromatic heterocycles. The number of halogens is 2. The maximum absolute atomic E-state index is 12.3. The van der Waals surface area contributed by atoms with Gasteiger partial charge in [-0.3, -0.25) is 0 Å². The van der Waals surface area contributed by atoms with Crippen molar-refractivity contribution in [2.45, 2.75) is 18.4 Å². The molecule has 0 saturated heterocycles. The van der Waals surface area contributed by atoms with Crippen LogP contribution in [0.3, 0.4) is 0 Å². The van der Waals surface area contributed by atoms with E-state index in [9.17, 15) is 8.42 Å². The smallest absolute Gasteiger partial charge is 0.240 e. The van der Waals surface area contributed by atoms with Crippen molar-refractivity contribution in [3.05, 3.63) is 57.6 Å². The van der Waals surface area contributed by atoms with Crippen molar-refractivity contribution in [2.24, 2.45) is 0 Å². The number of nitrogen functional groups attached to an aromatic ring is 1. The van der Waals surface area contributed by atoms with Gasteiger partial charge in [-0.05, 0) is 36.2 Å². The Balaban J connectivity index is 2.25. The topological polar surface area (TPSA) is 72.2 Å². The highest BCUT2D eigenvalue weighted by atomic mass is 35.5. The number of anilines is 1. The Morgan fingerprint density at radius 2 is 1.81 bits per heavy atom. The Hall–Kier alpha value is -1.27. The number of nitrogens with two attached hydrogens (primary N) is 1. The van der Waals surface area contributed by atoms with Gasteiger partial charge in [0.1, 0.15) is 0 Å². The van der Waals surface area contributed by atoms with Gasteiger partial charge in [-0.1, -0.05) is 41.4 Å². The summed E-state index contributed by atoms with van der Waals surface area (Å²) in [6.07, 6.45) is 0. The lowest BCUT2D eigenvalue weighted by molar-refractivity contribution is 0.581. The predicted octanol–water partition coefficient (Wildman–Crippen LogP) is 3.36. The standard InChI is InChI=1S/C14H14Cl2N2O2S/c1-9-13(16)6-11(7-14(9)17)21(19,20)18-8-10-4-2-3-5-12(10)15/h2-7,18H,8,17H2,1H3. The fourth-order valence-corrected chi connectivity index (χ4v) is 3.29. The largest absolute Gasteiger partial charge is 0.398 e. The molecule has 0 heterocycles. The Labute approximate surface area is 133 Å². The van der Waals surface area contributed by atoms with E-state index in [1.165, 1.54) is 12.1 Å². The molecule has 0 radical (unpaired) electrons. The molecular formula is C14H14Cl2N2O2S. The molecule has 2 aromatic carbocycles. The number of benzene rings is 2. The molecule has 0 unspecified atom stereocenters. The first-order chi connectivity index (χ1) is 9.81. The lowest BCUT2D eigenvalue weighted by atomic mass is 10.2. The van der Waals surface area contributed by atoms with Crippen molar-refractivity contribution in [1.82, 2.24) is 4.72 Å². The number of rotatable bonds is 4. The van der Waals surface area contributed by atoms with Crippen LogP contribution >= 0.6 is 23.2 Å². The van der Waals surface area contributed by atoms with Crippen LogP contribution in [-0.2, 0) is 16.6 Å². The molecule has 7 heteroatoms. The molecule has 112 valence electrons. The lowest BCUT2D eigenvalue weighted by Crippen LogP contribution is -2.23. The average molecular weight is 345 g/mol. The van der Waals surface area contributed by atoms with Crippen molar-refractivity contribution in [2.75, 3.05) is 5.73 Å². The Bertz CT molecular complexity index is 753. The summed E-state index contributed by atoms with van der Waals surface area (Å²) in [5.41, 5.74) is 7.43. The van der Waals surface area contributed by atoms with E-state index in [1.807, 2.05) is 0 Å². The molecule has 0 amide bonds. The Kier molecular flexibility index (Phi) is 4.78. The van der Waals surface area contributed by atoms with Crippen molar-refractivity contribution >= 4 is 38.9 Å². The Morgan fingerprint density at radius 1 is 1.14 bits per heavy atom. The van der Waals surface area contributed by atoms with Crippen LogP contribution in [-0.4, -0.2) is 8.42 Å². The van der Waals surface area contributed by atoms with Crippen LogP contribution in [0.1, 0.15) is 11.1 Å². The van der Waals surface area contributed by atoms with Crippen LogP contribution in [0.2, 0.25) is 10.0 Å². The molecule has 0 spiro atoms. The molecule has 0 aliphatic rings. The monoisotopic (exact) mass is 344 g/mol. The number of nitrogens with one attached hydrogen (secondary N) is 1. The van der Waals surface area contributed by atoms with Gasteiger partial charge in [0.15, 0.2) is 0 Å². The molecule has 0 fully saturated rings. The molecule has 3 N–H and O–H groups in total. The quantitative estimate of drug-likeness (QED) is 0.835. The van der Waals surface area contributed by atoms with Gasteiger partial charge in [0, 0.05) is 22.3 Å². The fourth-order valence-electron chi connectivity index (χ4n) is 1.73. The molecule has 21 heavy (non-hydrogen) atoms. The lowest BCUT2D eigenvalue weighted by Gasteiger charge is -2.10. The summed E-state index contributed by atoms with van der Waals surface area (Å²) < 4.78 is 27.0. The highest BCUT2D eigenvalue weighted by molar-refractivity contribution is 7.89. The number of hydrogen-bond donors (Lipinski definition) is 2. The molecule has 0 bridgehead atoms. The summed E-state index contributed by atoms with van der Waals surface area (Å²) >= 11 is 12.0. The van der Waals surface area contributed by atoms with Crippen LogP contribution in [0.15, 0.2) is 41.3 Å². The van der Waals surface area contributed by atoms with E-state index >= 15 is 0 Å². The van der Waals surface area contributed by atoms with Gasteiger partial charge >= 0.3 is 0 Å². The fraction of sp³-hybridized carbons (Fsp3) is 0.143. The zero-order chi connectivity index (χ0) is 15.6. The van der Waals surface area contributed by atoms with Gasteiger partial charge < -0.3 is 5.73 Å². The highest BCUT2D eigenvalue weighted by Crippen LogP contribution is 2.26. The van der Waals surface area contributed by atoms with Gasteiger partial charge in [0.05, 0.1) is 4.90 Å². The van der Waals surface area contributed by atoms with E-state index in [1.54, 1.807) is 31.2 Å². The van der Waals surface area contributed by atoms with Crippen LogP contribution < -0.4 is 10.5 Å². The van der Waals surface area contributed by atoms with Crippen molar-refractivity contribution in [3.8, 4) is 0 Å². The predicted molar refractivity (Wildman–Crippen MR) is 86.1 cm³/mol. The molecule has 0 atom stereocenters. The summed E-state index contributed by atoms with van der Waals surface area (Å²) in [4.78, 5) is 0.0302. The molecule has 0 aliphatic heterocycles. The van der Waals surface area contributed by atoms with Crippen LogP contribution in [0.4, 0.5) is 5.69 Å². The maximum atomic E-state index is 12.3. The zero-order valence-corrected chi connectivity index (χ0v) is 13.6. The minimum atomic E-state index is -3.71. The summed E-state index contributed by atoms with van der Waals surface area (Å²) in [5.74, 6) is 0. The molecule has 0 saturated carbocycles. The van der Waals surface area contributed by atoms with Crippen molar-refractivity contribution < 1.29 is 8.42 Å².